The summed E-state index contributed by atoms with van der Waals surface area (Å²) in [6, 6.07) is 4.38. The summed E-state index contributed by atoms with van der Waals surface area (Å²) >= 11 is 0. The second kappa shape index (κ2) is 6.44. The van der Waals surface area contributed by atoms with E-state index in [1.165, 1.54) is 13.2 Å². The van der Waals surface area contributed by atoms with Crippen molar-refractivity contribution in [1.82, 2.24) is 4.72 Å². The zero-order valence-corrected chi connectivity index (χ0v) is 12.2. The van der Waals surface area contributed by atoms with Crippen molar-refractivity contribution < 1.29 is 18.4 Å². The first-order chi connectivity index (χ1) is 9.30. The van der Waals surface area contributed by atoms with Gasteiger partial charge in [0.2, 0.25) is 0 Å². The van der Waals surface area contributed by atoms with E-state index in [0.29, 0.717) is 0 Å². The van der Waals surface area contributed by atoms with Gasteiger partial charge in [-0.2, -0.15) is 13.1 Å². The fourth-order valence-corrected chi connectivity index (χ4v) is 2.71. The van der Waals surface area contributed by atoms with E-state index < -0.39 is 10.2 Å². The lowest BCUT2D eigenvalue weighted by Crippen LogP contribution is -2.36. The maximum Gasteiger partial charge on any atom is 0.299 e. The molecule has 1 aromatic carbocycles. The summed E-state index contributed by atoms with van der Waals surface area (Å²) in [5, 5.41) is 11.6. The van der Waals surface area contributed by atoms with Crippen LogP contribution in [0.2, 0.25) is 0 Å². The highest BCUT2D eigenvalue weighted by atomic mass is 32.2. The normalized spacial score (nSPS) is 12.5. The Labute approximate surface area is 117 Å². The van der Waals surface area contributed by atoms with Gasteiger partial charge in [-0.15, -0.1) is 0 Å². The second-order valence-corrected chi connectivity index (χ2v) is 5.69. The molecule has 112 valence electrons. The van der Waals surface area contributed by atoms with E-state index in [0.717, 1.165) is 0 Å². The van der Waals surface area contributed by atoms with Crippen LogP contribution < -0.4 is 19.9 Å². The van der Waals surface area contributed by atoms with E-state index in [-0.39, 0.29) is 28.9 Å². The van der Waals surface area contributed by atoms with E-state index in [2.05, 4.69) is 14.6 Å². The molecule has 9 heteroatoms. The summed E-state index contributed by atoms with van der Waals surface area (Å²) < 4.78 is 33.6. The molecule has 0 aliphatic rings. The SMILES string of the molecule is COc1cccc(/C(N)=N/O)c1NS(=O)(=O)NC(C)C. The topological polar surface area (TPSA) is 126 Å². The smallest absolute Gasteiger partial charge is 0.299 e. The number of anilines is 1. The third-order valence-electron chi connectivity index (χ3n) is 2.26. The Hall–Kier alpha value is -2.00. The van der Waals surface area contributed by atoms with Crippen LogP contribution in [-0.2, 0) is 10.2 Å². The number of oxime groups is 1. The second-order valence-electron chi connectivity index (χ2n) is 4.25. The van der Waals surface area contributed by atoms with Gasteiger partial charge in [0.05, 0.1) is 7.11 Å². The Morgan fingerprint density at radius 3 is 2.60 bits per heavy atom. The highest BCUT2D eigenvalue weighted by Crippen LogP contribution is 2.29. The summed E-state index contributed by atoms with van der Waals surface area (Å²) in [5.74, 6) is 0.0226. The van der Waals surface area contributed by atoms with Gasteiger partial charge < -0.3 is 15.7 Å². The molecule has 0 atom stereocenters. The molecule has 0 bridgehead atoms. The van der Waals surface area contributed by atoms with Crippen LogP contribution in [0.15, 0.2) is 23.4 Å². The largest absolute Gasteiger partial charge is 0.495 e. The number of methoxy groups -OCH3 is 1. The van der Waals surface area contributed by atoms with Crippen LogP contribution in [-0.4, -0.2) is 32.6 Å². The molecule has 0 fully saturated rings. The number of amidine groups is 1. The predicted octanol–water partition coefficient (Wildman–Crippen LogP) is 0.444. The van der Waals surface area contributed by atoms with Crippen molar-refractivity contribution >= 4 is 21.7 Å². The summed E-state index contributed by atoms with van der Waals surface area (Å²) in [6.07, 6.45) is 0. The van der Waals surface area contributed by atoms with Gasteiger partial charge in [-0.1, -0.05) is 11.2 Å². The number of nitrogens with two attached hydrogens (primary N) is 1. The Bertz CT molecular complexity index is 598. The molecule has 1 rings (SSSR count). The van der Waals surface area contributed by atoms with E-state index >= 15 is 0 Å². The predicted molar refractivity (Wildman–Crippen MR) is 76.3 cm³/mol. The Kier molecular flexibility index (Phi) is 5.17. The van der Waals surface area contributed by atoms with Gasteiger partial charge in [0.1, 0.15) is 11.4 Å². The van der Waals surface area contributed by atoms with Gasteiger partial charge in [0.25, 0.3) is 10.2 Å². The van der Waals surface area contributed by atoms with Crippen LogP contribution in [0.3, 0.4) is 0 Å². The minimum atomic E-state index is -3.80. The number of rotatable bonds is 6. The van der Waals surface area contributed by atoms with E-state index in [9.17, 15) is 8.42 Å². The number of ether oxygens (including phenoxy) is 1. The van der Waals surface area contributed by atoms with Crippen LogP contribution in [0.1, 0.15) is 19.4 Å². The lowest BCUT2D eigenvalue weighted by Gasteiger charge is -2.16. The summed E-state index contributed by atoms with van der Waals surface area (Å²) in [7, 11) is -2.41. The monoisotopic (exact) mass is 302 g/mol. The molecule has 0 radical (unpaired) electrons. The van der Waals surface area contributed by atoms with Crippen molar-refractivity contribution in [2.75, 3.05) is 11.8 Å². The highest BCUT2D eigenvalue weighted by Gasteiger charge is 2.19. The Morgan fingerprint density at radius 1 is 1.45 bits per heavy atom. The highest BCUT2D eigenvalue weighted by molar-refractivity contribution is 7.90. The van der Waals surface area contributed by atoms with Gasteiger partial charge in [-0.25, -0.2) is 0 Å². The van der Waals surface area contributed by atoms with Crippen molar-refractivity contribution in [3.8, 4) is 5.75 Å². The molecule has 0 aliphatic carbocycles. The van der Waals surface area contributed by atoms with Crippen molar-refractivity contribution in [2.24, 2.45) is 10.9 Å². The number of nitrogens with one attached hydrogen (secondary N) is 2. The molecule has 5 N–H and O–H groups in total. The van der Waals surface area contributed by atoms with Gasteiger partial charge in [-0.3, -0.25) is 4.72 Å². The van der Waals surface area contributed by atoms with E-state index in [1.54, 1.807) is 26.0 Å². The standard InChI is InChI=1S/C11H18N4O4S/c1-7(2)14-20(17,18)15-10-8(11(12)13-16)5-4-6-9(10)19-3/h4-7,14-16H,1-3H3,(H2,12,13). The first-order valence-corrected chi connectivity index (χ1v) is 7.24. The molecule has 0 heterocycles. The average Bonchev–Trinajstić information content (AvgIpc) is 2.36. The third kappa shape index (κ3) is 4.00. The van der Waals surface area contributed by atoms with Crippen LogP contribution in [0.25, 0.3) is 0 Å². The number of para-hydroxylation sites is 1. The zero-order valence-electron chi connectivity index (χ0n) is 11.4. The minimum Gasteiger partial charge on any atom is -0.495 e. The maximum atomic E-state index is 11.9. The van der Waals surface area contributed by atoms with Crippen LogP contribution in [0.4, 0.5) is 5.69 Å². The number of hydrogen-bond donors (Lipinski definition) is 4. The quantitative estimate of drug-likeness (QED) is 0.262. The van der Waals surface area contributed by atoms with Gasteiger partial charge in [0.15, 0.2) is 5.84 Å². The van der Waals surface area contributed by atoms with Crippen LogP contribution in [0.5, 0.6) is 5.75 Å². The molecule has 0 saturated carbocycles. The molecule has 0 unspecified atom stereocenters. The average molecular weight is 302 g/mol. The fraction of sp³-hybridized carbons (Fsp3) is 0.364. The molecule has 0 saturated heterocycles. The lowest BCUT2D eigenvalue weighted by molar-refractivity contribution is 0.318. The Balaban J connectivity index is 3.28. The molecular weight excluding hydrogens is 284 g/mol. The van der Waals surface area contributed by atoms with Crippen LogP contribution >= 0.6 is 0 Å². The van der Waals surface area contributed by atoms with Gasteiger partial charge >= 0.3 is 0 Å². The summed E-state index contributed by atoms with van der Waals surface area (Å²) in [6.45, 7) is 3.37. The van der Waals surface area contributed by atoms with Crippen molar-refractivity contribution in [3.05, 3.63) is 23.8 Å². The summed E-state index contributed by atoms with van der Waals surface area (Å²) in [5.41, 5.74) is 5.83. The molecule has 8 nitrogen and oxygen atoms in total. The molecule has 0 aromatic heterocycles. The van der Waals surface area contributed by atoms with Crippen molar-refractivity contribution in [3.63, 3.8) is 0 Å². The van der Waals surface area contributed by atoms with Crippen molar-refractivity contribution in [2.45, 2.75) is 19.9 Å². The number of nitrogens with zero attached hydrogens (tertiary/aromatic N) is 1. The first kappa shape index (κ1) is 16.1. The fourth-order valence-electron chi connectivity index (χ4n) is 1.55. The summed E-state index contributed by atoms with van der Waals surface area (Å²) in [4.78, 5) is 0. The first-order valence-electron chi connectivity index (χ1n) is 5.75. The number of hydrogen-bond acceptors (Lipinski definition) is 5. The minimum absolute atomic E-state index is 0.0958. The molecule has 0 spiro atoms. The van der Waals surface area contributed by atoms with Crippen molar-refractivity contribution in [1.29, 1.82) is 0 Å². The Morgan fingerprint density at radius 2 is 2.10 bits per heavy atom. The maximum absolute atomic E-state index is 11.9. The number of benzene rings is 1. The molecule has 20 heavy (non-hydrogen) atoms. The van der Waals surface area contributed by atoms with Crippen LogP contribution in [0, 0.1) is 0 Å². The molecular formula is C11H18N4O4S. The molecule has 1 aromatic rings. The molecule has 0 amide bonds. The third-order valence-corrected chi connectivity index (χ3v) is 3.51. The van der Waals surface area contributed by atoms with E-state index in [1.807, 2.05) is 0 Å². The van der Waals surface area contributed by atoms with E-state index in [4.69, 9.17) is 15.7 Å². The molecule has 0 aliphatic heterocycles. The van der Waals surface area contributed by atoms with Gasteiger partial charge in [-0.05, 0) is 26.0 Å². The lowest BCUT2D eigenvalue weighted by atomic mass is 10.1. The zero-order chi connectivity index (χ0) is 15.3. The van der Waals surface area contributed by atoms with Gasteiger partial charge in [0, 0.05) is 11.6 Å².